The minimum Gasteiger partial charge on any atom is -0.390 e. The Kier molecular flexibility index (Phi) is 13.8. The number of amidine groups is 1. The van der Waals surface area contributed by atoms with E-state index in [0.29, 0.717) is 0 Å². The maximum absolute atomic E-state index is 9.34. The van der Waals surface area contributed by atoms with Crippen LogP contribution in [0.25, 0.3) is 0 Å². The number of quaternary nitrogens is 1. The zero-order chi connectivity index (χ0) is 19.8. The van der Waals surface area contributed by atoms with Gasteiger partial charge in [-0.15, -0.1) is 0 Å². The van der Waals surface area contributed by atoms with Crippen molar-refractivity contribution in [3.05, 3.63) is 12.4 Å². The smallest absolute Gasteiger partial charge is 0.207 e. The van der Waals surface area contributed by atoms with Crippen LogP contribution in [-0.4, -0.2) is 35.1 Å². The summed E-state index contributed by atoms with van der Waals surface area (Å²) in [5.74, 6) is 2.13. The molecular formula is C24H47N2O+. The van der Waals surface area contributed by atoms with Crippen LogP contribution in [0.1, 0.15) is 111 Å². The van der Waals surface area contributed by atoms with Gasteiger partial charge in [-0.05, 0) is 19.3 Å². The van der Waals surface area contributed by atoms with Crippen molar-refractivity contribution in [3.8, 4) is 0 Å². The van der Waals surface area contributed by atoms with Crippen LogP contribution < -0.4 is 0 Å². The van der Waals surface area contributed by atoms with Crippen LogP contribution in [0.3, 0.4) is 0 Å². The molecule has 1 rings (SSSR count). The molecule has 1 heterocycles. The second-order valence-electron chi connectivity index (χ2n) is 8.82. The number of aliphatic hydroxyl groups excluding tert-OH is 1. The molecule has 3 nitrogen and oxygen atoms in total. The van der Waals surface area contributed by atoms with Crippen LogP contribution in [0.15, 0.2) is 17.4 Å². The first-order chi connectivity index (χ1) is 13.1. The van der Waals surface area contributed by atoms with Gasteiger partial charge < -0.3 is 5.11 Å². The highest BCUT2D eigenvalue weighted by atomic mass is 16.3. The van der Waals surface area contributed by atoms with Crippen molar-refractivity contribution < 1.29 is 9.59 Å². The van der Waals surface area contributed by atoms with E-state index in [9.17, 15) is 5.11 Å². The van der Waals surface area contributed by atoms with Gasteiger partial charge >= 0.3 is 0 Å². The molecule has 0 bridgehead atoms. The van der Waals surface area contributed by atoms with Crippen molar-refractivity contribution in [3.63, 3.8) is 0 Å². The van der Waals surface area contributed by atoms with Gasteiger partial charge in [0.25, 0.3) is 0 Å². The molecule has 0 aromatic carbocycles. The van der Waals surface area contributed by atoms with Crippen LogP contribution in [0.5, 0.6) is 0 Å². The molecule has 27 heavy (non-hydrogen) atoms. The number of aliphatic imine (C=N–C) groups is 1. The molecule has 0 saturated carbocycles. The van der Waals surface area contributed by atoms with Gasteiger partial charge in [0, 0.05) is 6.42 Å². The molecular weight excluding hydrogens is 332 g/mol. The number of unbranched alkanes of at least 4 members (excludes halogenated alkanes) is 11. The van der Waals surface area contributed by atoms with Gasteiger partial charge in [-0.3, -0.25) is 0 Å². The Morgan fingerprint density at radius 1 is 0.852 bits per heavy atom. The Balaban J connectivity index is 1.90. The van der Waals surface area contributed by atoms with Crippen molar-refractivity contribution in [2.24, 2.45) is 10.9 Å². The molecule has 0 fully saturated rings. The summed E-state index contributed by atoms with van der Waals surface area (Å²) in [5, 5.41) is 9.34. The van der Waals surface area contributed by atoms with Gasteiger partial charge in [0.15, 0.2) is 0 Å². The van der Waals surface area contributed by atoms with E-state index in [2.05, 4.69) is 32.0 Å². The third-order valence-electron chi connectivity index (χ3n) is 6.08. The third-order valence-corrected chi connectivity index (χ3v) is 6.08. The molecule has 1 aliphatic rings. The first-order valence-electron chi connectivity index (χ1n) is 11.9. The summed E-state index contributed by atoms with van der Waals surface area (Å²) in [7, 11) is 0. The SMILES string of the molecule is CC[N+]1(CCO)C=CN=C1CCCCCCCCCCCCCCC(C)C. The lowest BCUT2D eigenvalue weighted by Gasteiger charge is -2.30. The van der Waals surface area contributed by atoms with Crippen LogP contribution in [0.4, 0.5) is 0 Å². The Bertz CT molecular complexity index is 417. The van der Waals surface area contributed by atoms with E-state index in [1.807, 2.05) is 6.20 Å². The number of hydrogen-bond donors (Lipinski definition) is 1. The monoisotopic (exact) mass is 379 g/mol. The van der Waals surface area contributed by atoms with E-state index in [-0.39, 0.29) is 6.61 Å². The highest BCUT2D eigenvalue weighted by Gasteiger charge is 2.32. The van der Waals surface area contributed by atoms with Crippen LogP contribution in [-0.2, 0) is 0 Å². The van der Waals surface area contributed by atoms with E-state index in [4.69, 9.17) is 0 Å². The lowest BCUT2D eigenvalue weighted by atomic mass is 10.0. The summed E-state index contributed by atoms with van der Waals surface area (Å²) in [6.07, 6.45) is 23.3. The quantitative estimate of drug-likeness (QED) is 0.206. The maximum atomic E-state index is 9.34. The summed E-state index contributed by atoms with van der Waals surface area (Å²) in [6.45, 7) is 8.84. The second-order valence-corrected chi connectivity index (χ2v) is 8.82. The highest BCUT2D eigenvalue weighted by molar-refractivity contribution is 5.78. The molecule has 1 N–H and O–H groups in total. The second kappa shape index (κ2) is 15.3. The van der Waals surface area contributed by atoms with E-state index < -0.39 is 0 Å². The fraction of sp³-hybridized carbons (Fsp3) is 0.875. The minimum atomic E-state index is 0.231. The van der Waals surface area contributed by atoms with E-state index in [0.717, 1.165) is 29.9 Å². The Morgan fingerprint density at radius 3 is 1.85 bits per heavy atom. The standard InChI is InChI=1S/C24H47N2O/c1-4-26(21-22-27)20-19-25-24(26)18-16-14-12-10-8-6-5-7-9-11-13-15-17-23(2)3/h19-20,23,27H,4-18,21-22H2,1-3H3/q+1. The number of likely N-dealkylation sites (N-methyl/N-ethyl adjacent to an activating group) is 1. The third kappa shape index (κ3) is 10.4. The molecule has 0 amide bonds. The lowest BCUT2D eigenvalue weighted by molar-refractivity contribution is -0.786. The number of nitrogens with zero attached hydrogens (tertiary/aromatic N) is 2. The molecule has 0 saturated heterocycles. The lowest BCUT2D eigenvalue weighted by Crippen LogP contribution is -2.48. The minimum absolute atomic E-state index is 0.231. The van der Waals surface area contributed by atoms with Crippen molar-refractivity contribution in [1.82, 2.24) is 0 Å². The van der Waals surface area contributed by atoms with Crippen molar-refractivity contribution >= 4 is 5.84 Å². The molecule has 0 aromatic rings. The molecule has 0 radical (unpaired) electrons. The fourth-order valence-electron chi connectivity index (χ4n) is 4.17. The van der Waals surface area contributed by atoms with Gasteiger partial charge in [-0.25, -0.2) is 9.48 Å². The molecule has 0 aliphatic carbocycles. The number of rotatable bonds is 18. The summed E-state index contributed by atoms with van der Waals surface area (Å²) in [4.78, 5) is 4.58. The summed E-state index contributed by atoms with van der Waals surface area (Å²) in [5.41, 5.74) is 0. The Labute approximate surface area is 169 Å². The van der Waals surface area contributed by atoms with Crippen LogP contribution >= 0.6 is 0 Å². The first kappa shape index (κ1) is 24.4. The molecule has 0 aromatic heterocycles. The Morgan fingerprint density at radius 2 is 1.37 bits per heavy atom. The molecule has 1 aliphatic heterocycles. The average Bonchev–Trinajstić information content (AvgIpc) is 3.05. The molecule has 1 unspecified atom stereocenters. The zero-order valence-electron chi connectivity index (χ0n) is 18.6. The molecule has 0 spiro atoms. The summed E-state index contributed by atoms with van der Waals surface area (Å²) in [6, 6.07) is 0. The van der Waals surface area contributed by atoms with Crippen molar-refractivity contribution in [2.75, 3.05) is 19.7 Å². The van der Waals surface area contributed by atoms with Gasteiger partial charge in [0.2, 0.25) is 5.84 Å². The van der Waals surface area contributed by atoms with Crippen LogP contribution in [0, 0.1) is 5.92 Å². The van der Waals surface area contributed by atoms with Gasteiger partial charge in [0.1, 0.15) is 12.7 Å². The fourth-order valence-corrected chi connectivity index (χ4v) is 4.17. The number of hydrogen-bond acceptors (Lipinski definition) is 2. The molecule has 158 valence electrons. The molecule has 3 heteroatoms. The Hall–Kier alpha value is -0.670. The first-order valence-corrected chi connectivity index (χ1v) is 11.9. The van der Waals surface area contributed by atoms with Gasteiger partial charge in [-0.1, -0.05) is 90.9 Å². The maximum Gasteiger partial charge on any atom is 0.207 e. The predicted octanol–water partition coefficient (Wildman–Crippen LogP) is 6.82. The largest absolute Gasteiger partial charge is 0.390 e. The van der Waals surface area contributed by atoms with Crippen molar-refractivity contribution in [1.29, 1.82) is 0 Å². The average molecular weight is 380 g/mol. The highest BCUT2D eigenvalue weighted by Crippen LogP contribution is 2.21. The normalized spacial score (nSPS) is 19.2. The summed E-state index contributed by atoms with van der Waals surface area (Å²) < 4.78 is 0.772. The predicted molar refractivity (Wildman–Crippen MR) is 119 cm³/mol. The van der Waals surface area contributed by atoms with E-state index in [1.165, 1.54) is 89.3 Å². The molecule has 1 atom stereocenters. The van der Waals surface area contributed by atoms with E-state index in [1.54, 1.807) is 0 Å². The van der Waals surface area contributed by atoms with Gasteiger partial charge in [0.05, 0.1) is 19.4 Å². The number of aliphatic hydroxyl groups is 1. The van der Waals surface area contributed by atoms with Crippen molar-refractivity contribution in [2.45, 2.75) is 111 Å². The van der Waals surface area contributed by atoms with Gasteiger partial charge in [-0.2, -0.15) is 0 Å². The topological polar surface area (TPSA) is 32.6 Å². The zero-order valence-corrected chi connectivity index (χ0v) is 18.6. The van der Waals surface area contributed by atoms with Crippen LogP contribution in [0.2, 0.25) is 0 Å². The summed E-state index contributed by atoms with van der Waals surface area (Å²) >= 11 is 0. The van der Waals surface area contributed by atoms with E-state index >= 15 is 0 Å².